The topological polar surface area (TPSA) is 51.5 Å². The van der Waals surface area contributed by atoms with Crippen LogP contribution in [0.2, 0.25) is 5.02 Å². The fraction of sp³-hybridized carbons (Fsp3) is 0.148. The number of carbonyl (C=O) groups is 1. The number of fused-ring (bicyclic) bond motifs is 1. The molecule has 1 aromatic heterocycles. The van der Waals surface area contributed by atoms with Crippen molar-refractivity contribution in [1.29, 1.82) is 0 Å². The van der Waals surface area contributed by atoms with E-state index in [0.717, 1.165) is 38.8 Å². The van der Waals surface area contributed by atoms with Gasteiger partial charge in [-0.3, -0.25) is 4.79 Å². The van der Waals surface area contributed by atoms with Crippen LogP contribution < -0.4 is 10.1 Å². The van der Waals surface area contributed by atoms with Crippen molar-refractivity contribution in [3.63, 3.8) is 0 Å². The Hall–Kier alpha value is -3.50. The van der Waals surface area contributed by atoms with E-state index in [2.05, 4.69) is 5.32 Å². The van der Waals surface area contributed by atoms with E-state index in [1.54, 1.807) is 12.3 Å². The molecule has 0 unspecified atom stereocenters. The fourth-order valence-electron chi connectivity index (χ4n) is 3.60. The molecule has 0 aliphatic heterocycles. The summed E-state index contributed by atoms with van der Waals surface area (Å²) < 4.78 is 11.7. The van der Waals surface area contributed by atoms with Crippen molar-refractivity contribution in [1.82, 2.24) is 5.32 Å². The second-order valence-corrected chi connectivity index (χ2v) is 7.90. The van der Waals surface area contributed by atoms with Crippen LogP contribution >= 0.6 is 11.6 Å². The van der Waals surface area contributed by atoms with E-state index in [1.807, 2.05) is 80.6 Å². The van der Waals surface area contributed by atoms with Gasteiger partial charge >= 0.3 is 0 Å². The van der Waals surface area contributed by atoms with Gasteiger partial charge in [0.25, 0.3) is 0 Å². The van der Waals surface area contributed by atoms with Crippen molar-refractivity contribution in [3.8, 4) is 16.9 Å². The molecular formula is C27H24ClNO3. The van der Waals surface area contributed by atoms with E-state index in [-0.39, 0.29) is 5.91 Å². The number of nitrogens with one attached hydrogen (secondary N) is 1. The molecule has 0 fully saturated rings. The molecule has 0 spiro atoms. The van der Waals surface area contributed by atoms with Gasteiger partial charge in [0.1, 0.15) is 11.3 Å². The summed E-state index contributed by atoms with van der Waals surface area (Å²) in [5.41, 5.74) is 5.48. The zero-order valence-corrected chi connectivity index (χ0v) is 18.8. The van der Waals surface area contributed by atoms with Crippen molar-refractivity contribution in [2.45, 2.75) is 20.4 Å². The van der Waals surface area contributed by atoms with E-state index in [4.69, 9.17) is 20.8 Å². The molecule has 162 valence electrons. The molecule has 1 heterocycles. The van der Waals surface area contributed by atoms with E-state index in [9.17, 15) is 4.79 Å². The molecule has 1 amide bonds. The molecule has 5 heteroatoms. The van der Waals surface area contributed by atoms with Crippen LogP contribution in [0.4, 0.5) is 0 Å². The van der Waals surface area contributed by atoms with Gasteiger partial charge in [0.15, 0.2) is 0 Å². The monoisotopic (exact) mass is 445 g/mol. The first-order valence-electron chi connectivity index (χ1n) is 10.5. The third kappa shape index (κ3) is 4.87. The first kappa shape index (κ1) is 21.7. The minimum absolute atomic E-state index is 0.171. The Bertz CT molecular complexity index is 1260. The summed E-state index contributed by atoms with van der Waals surface area (Å²) in [6.07, 6.45) is 3.36. The van der Waals surface area contributed by atoms with Crippen molar-refractivity contribution in [2.75, 3.05) is 6.61 Å². The van der Waals surface area contributed by atoms with Crippen molar-refractivity contribution >= 4 is 34.1 Å². The van der Waals surface area contributed by atoms with Gasteiger partial charge in [-0.15, -0.1) is 0 Å². The minimum Gasteiger partial charge on any atom is -0.493 e. The Morgan fingerprint density at radius 2 is 1.84 bits per heavy atom. The molecule has 4 rings (SSSR count). The first-order chi connectivity index (χ1) is 15.5. The Morgan fingerprint density at radius 1 is 1.09 bits per heavy atom. The molecule has 0 aliphatic rings. The van der Waals surface area contributed by atoms with Crippen LogP contribution in [0.1, 0.15) is 25.0 Å². The highest BCUT2D eigenvalue weighted by Crippen LogP contribution is 2.37. The Morgan fingerprint density at radius 3 is 2.56 bits per heavy atom. The molecule has 0 bridgehead atoms. The third-order valence-corrected chi connectivity index (χ3v) is 5.46. The van der Waals surface area contributed by atoms with Crippen LogP contribution in [0.3, 0.4) is 0 Å². The quantitative estimate of drug-likeness (QED) is 0.316. The van der Waals surface area contributed by atoms with Gasteiger partial charge in [-0.25, -0.2) is 0 Å². The fourth-order valence-corrected chi connectivity index (χ4v) is 3.72. The number of ether oxygens (including phenoxy) is 1. The van der Waals surface area contributed by atoms with Gasteiger partial charge in [0.05, 0.1) is 12.9 Å². The summed E-state index contributed by atoms with van der Waals surface area (Å²) in [7, 11) is 0. The van der Waals surface area contributed by atoms with Gasteiger partial charge in [-0.2, -0.15) is 0 Å². The SMILES string of the molecule is CCOc1cc2occ(-c3ccccc3)c2cc1/C(C)=C/C(=O)NCc1ccc(Cl)cc1. The van der Waals surface area contributed by atoms with Crippen LogP contribution in [0, 0.1) is 0 Å². The van der Waals surface area contributed by atoms with E-state index in [1.165, 1.54) is 0 Å². The third-order valence-electron chi connectivity index (χ3n) is 5.21. The molecule has 0 radical (unpaired) electrons. The van der Waals surface area contributed by atoms with Gasteiger partial charge in [-0.05, 0) is 48.7 Å². The maximum atomic E-state index is 12.6. The van der Waals surface area contributed by atoms with Crippen molar-refractivity contribution < 1.29 is 13.9 Å². The summed E-state index contributed by atoms with van der Waals surface area (Å²) in [6.45, 7) is 4.79. The number of carbonyl (C=O) groups excluding carboxylic acids is 1. The molecule has 4 aromatic rings. The Balaban J connectivity index is 1.63. The molecule has 1 N–H and O–H groups in total. The predicted molar refractivity (Wildman–Crippen MR) is 130 cm³/mol. The number of hydrogen-bond donors (Lipinski definition) is 1. The molecule has 0 saturated heterocycles. The minimum atomic E-state index is -0.171. The molecule has 0 aliphatic carbocycles. The van der Waals surface area contributed by atoms with Gasteiger partial charge in [0, 0.05) is 40.2 Å². The molecule has 3 aromatic carbocycles. The Kier molecular flexibility index (Phi) is 6.62. The largest absolute Gasteiger partial charge is 0.493 e. The number of furan rings is 1. The summed E-state index contributed by atoms with van der Waals surface area (Å²) in [5, 5.41) is 4.57. The number of rotatable bonds is 7. The number of hydrogen-bond acceptors (Lipinski definition) is 3. The summed E-state index contributed by atoms with van der Waals surface area (Å²) in [5.74, 6) is 0.517. The second kappa shape index (κ2) is 9.75. The van der Waals surface area contributed by atoms with E-state index >= 15 is 0 Å². The summed E-state index contributed by atoms with van der Waals surface area (Å²) in [4.78, 5) is 12.6. The van der Waals surface area contributed by atoms with E-state index < -0.39 is 0 Å². The zero-order chi connectivity index (χ0) is 22.5. The van der Waals surface area contributed by atoms with Crippen molar-refractivity contribution in [2.24, 2.45) is 0 Å². The van der Waals surface area contributed by atoms with Gasteiger partial charge < -0.3 is 14.5 Å². The zero-order valence-electron chi connectivity index (χ0n) is 18.0. The number of benzene rings is 3. The average Bonchev–Trinajstić information content (AvgIpc) is 3.22. The lowest BCUT2D eigenvalue weighted by Gasteiger charge is -2.12. The maximum absolute atomic E-state index is 12.6. The number of halogens is 1. The molecule has 4 nitrogen and oxygen atoms in total. The lowest BCUT2D eigenvalue weighted by molar-refractivity contribution is -0.116. The Labute approximate surface area is 192 Å². The lowest BCUT2D eigenvalue weighted by atomic mass is 9.99. The first-order valence-corrected chi connectivity index (χ1v) is 10.9. The van der Waals surface area contributed by atoms with E-state index in [0.29, 0.717) is 23.9 Å². The van der Waals surface area contributed by atoms with Crippen LogP contribution in [0.15, 0.2) is 83.5 Å². The summed E-state index contributed by atoms with van der Waals surface area (Å²) >= 11 is 5.92. The molecular weight excluding hydrogens is 422 g/mol. The van der Waals surface area contributed by atoms with Crippen LogP contribution in [0.5, 0.6) is 5.75 Å². The van der Waals surface area contributed by atoms with Gasteiger partial charge in [0.2, 0.25) is 5.91 Å². The van der Waals surface area contributed by atoms with Crippen LogP contribution in [-0.4, -0.2) is 12.5 Å². The van der Waals surface area contributed by atoms with Crippen LogP contribution in [-0.2, 0) is 11.3 Å². The molecule has 32 heavy (non-hydrogen) atoms. The smallest absolute Gasteiger partial charge is 0.244 e. The lowest BCUT2D eigenvalue weighted by Crippen LogP contribution is -2.20. The maximum Gasteiger partial charge on any atom is 0.244 e. The number of amides is 1. The molecule has 0 saturated carbocycles. The van der Waals surface area contributed by atoms with Gasteiger partial charge in [-0.1, -0.05) is 54.1 Å². The van der Waals surface area contributed by atoms with Crippen LogP contribution in [0.25, 0.3) is 27.7 Å². The highest BCUT2D eigenvalue weighted by atomic mass is 35.5. The predicted octanol–water partition coefficient (Wildman–Crippen LogP) is 6.87. The molecule has 0 atom stereocenters. The normalized spacial score (nSPS) is 11.5. The van der Waals surface area contributed by atoms with Crippen molar-refractivity contribution in [3.05, 3.63) is 95.2 Å². The second-order valence-electron chi connectivity index (χ2n) is 7.46. The highest BCUT2D eigenvalue weighted by molar-refractivity contribution is 6.30. The average molecular weight is 446 g/mol. The standard InChI is InChI=1S/C27H24ClNO3/c1-3-31-25-15-26-23(24(17-32-26)20-7-5-4-6-8-20)14-22(25)18(2)13-27(30)29-16-19-9-11-21(28)12-10-19/h4-15,17H,3,16H2,1-2H3,(H,29,30)/b18-13+. The summed E-state index contributed by atoms with van der Waals surface area (Å²) in [6, 6.07) is 21.4. The highest BCUT2D eigenvalue weighted by Gasteiger charge is 2.15. The number of allylic oxidation sites excluding steroid dienone is 1.